The summed E-state index contributed by atoms with van der Waals surface area (Å²) in [5.41, 5.74) is 8.28. The number of carbonyl (C=O) groups is 2. The molecule has 0 unspecified atom stereocenters. The van der Waals surface area contributed by atoms with Crippen molar-refractivity contribution in [3.8, 4) is 11.5 Å². The van der Waals surface area contributed by atoms with Gasteiger partial charge in [-0.1, -0.05) is 23.8 Å². The Kier molecular flexibility index (Phi) is 7.53. The number of hydrogen-bond acceptors (Lipinski definition) is 6. The van der Waals surface area contributed by atoms with E-state index in [1.165, 1.54) is 16.7 Å². The molecule has 2 aromatic carbocycles. The van der Waals surface area contributed by atoms with Crippen molar-refractivity contribution in [3.05, 3.63) is 80.7 Å². The minimum atomic E-state index is -0.516. The van der Waals surface area contributed by atoms with Crippen molar-refractivity contribution < 1.29 is 23.8 Å². The molecule has 0 saturated heterocycles. The fourth-order valence-corrected chi connectivity index (χ4v) is 5.37. The molecule has 1 atom stereocenters. The van der Waals surface area contributed by atoms with Crippen LogP contribution in [0.15, 0.2) is 52.9 Å². The molecule has 0 bridgehead atoms. The van der Waals surface area contributed by atoms with Gasteiger partial charge in [0.1, 0.15) is 6.61 Å². The highest BCUT2D eigenvalue weighted by atomic mass is 16.5. The van der Waals surface area contributed by atoms with Gasteiger partial charge in [-0.2, -0.15) is 0 Å². The molecule has 2 aromatic rings. The minimum Gasteiger partial charge on any atom is -0.493 e. The smallest absolute Gasteiger partial charge is 0.336 e. The molecule has 6 heteroatoms. The monoisotopic (exact) mass is 489 g/mol. The number of dihydropyridines is 1. The first kappa shape index (κ1) is 25.5. The molecule has 1 heterocycles. The number of carbonyl (C=O) groups excluding carboxylic acids is 2. The summed E-state index contributed by atoms with van der Waals surface area (Å²) in [5, 5.41) is 3.31. The van der Waals surface area contributed by atoms with Crippen LogP contribution in [0, 0.1) is 20.8 Å². The van der Waals surface area contributed by atoms with E-state index < -0.39 is 11.9 Å². The summed E-state index contributed by atoms with van der Waals surface area (Å²) >= 11 is 0. The van der Waals surface area contributed by atoms with Gasteiger partial charge in [-0.3, -0.25) is 4.79 Å². The van der Waals surface area contributed by atoms with E-state index in [4.69, 9.17) is 14.2 Å². The summed E-state index contributed by atoms with van der Waals surface area (Å²) in [6.45, 7) is 10.6. The SMILES string of the molecule is CCOC(=O)C1=C(C)NC2=C(C(=O)CCC2)[C@@H]1c1ccc(OCc2c(C)cc(C)cc2C)c(OC)c1. The van der Waals surface area contributed by atoms with Crippen LogP contribution in [0.25, 0.3) is 0 Å². The Morgan fingerprint density at radius 3 is 2.42 bits per heavy atom. The third-order valence-electron chi connectivity index (χ3n) is 7.00. The predicted octanol–water partition coefficient (Wildman–Crippen LogP) is 5.73. The summed E-state index contributed by atoms with van der Waals surface area (Å²) in [6.07, 6.45) is 2.05. The lowest BCUT2D eigenvalue weighted by atomic mass is 9.75. The first-order valence-electron chi connectivity index (χ1n) is 12.5. The zero-order chi connectivity index (χ0) is 26.0. The van der Waals surface area contributed by atoms with Gasteiger partial charge in [-0.05, 0) is 81.8 Å². The second-order valence-corrected chi connectivity index (χ2v) is 9.56. The summed E-state index contributed by atoms with van der Waals surface area (Å²) in [6, 6.07) is 9.96. The van der Waals surface area contributed by atoms with Crippen LogP contribution in [0.4, 0.5) is 0 Å². The Morgan fingerprint density at radius 2 is 1.75 bits per heavy atom. The van der Waals surface area contributed by atoms with Crippen molar-refractivity contribution in [2.45, 2.75) is 66.4 Å². The highest BCUT2D eigenvalue weighted by molar-refractivity contribution is 6.03. The van der Waals surface area contributed by atoms with Crippen molar-refractivity contribution >= 4 is 11.8 Å². The van der Waals surface area contributed by atoms with Crippen LogP contribution >= 0.6 is 0 Å². The van der Waals surface area contributed by atoms with Crippen molar-refractivity contribution in [3.63, 3.8) is 0 Å². The molecule has 2 aliphatic rings. The van der Waals surface area contributed by atoms with E-state index in [1.807, 2.05) is 25.1 Å². The summed E-state index contributed by atoms with van der Waals surface area (Å²) in [7, 11) is 1.60. The first-order valence-corrected chi connectivity index (χ1v) is 12.5. The zero-order valence-electron chi connectivity index (χ0n) is 22.0. The number of benzene rings is 2. The maximum atomic E-state index is 13.1. The number of hydrogen-bond donors (Lipinski definition) is 1. The van der Waals surface area contributed by atoms with Crippen LogP contribution in [0.1, 0.15) is 66.8 Å². The van der Waals surface area contributed by atoms with Gasteiger partial charge in [0.15, 0.2) is 17.3 Å². The van der Waals surface area contributed by atoms with Gasteiger partial charge in [0.25, 0.3) is 0 Å². The molecule has 0 saturated carbocycles. The van der Waals surface area contributed by atoms with E-state index in [0.717, 1.165) is 35.4 Å². The Bertz CT molecular complexity index is 1250. The third kappa shape index (κ3) is 4.90. The Morgan fingerprint density at radius 1 is 1.03 bits per heavy atom. The molecular formula is C30H35NO5. The van der Waals surface area contributed by atoms with Gasteiger partial charge in [-0.25, -0.2) is 4.79 Å². The Balaban J connectivity index is 1.72. The molecule has 190 valence electrons. The second-order valence-electron chi connectivity index (χ2n) is 9.56. The summed E-state index contributed by atoms with van der Waals surface area (Å²) < 4.78 is 17.3. The lowest BCUT2D eigenvalue weighted by molar-refractivity contribution is -0.138. The maximum absolute atomic E-state index is 13.1. The van der Waals surface area contributed by atoms with E-state index >= 15 is 0 Å². The standard InChI is InChI=1S/C30H35NO5/c1-7-35-30(33)27-20(5)31-23-9-8-10-24(32)29(23)28(27)21-11-12-25(26(15-21)34-6)36-16-22-18(3)13-17(2)14-19(22)4/h11-15,28,31H,7-10,16H2,1-6H3/t28-/m1/s1. The van der Waals surface area contributed by atoms with Crippen LogP contribution < -0.4 is 14.8 Å². The molecule has 1 N–H and O–H groups in total. The van der Waals surface area contributed by atoms with Crippen molar-refractivity contribution in [2.75, 3.05) is 13.7 Å². The summed E-state index contributed by atoms with van der Waals surface area (Å²) in [4.78, 5) is 26.1. The van der Waals surface area contributed by atoms with Gasteiger partial charge < -0.3 is 19.5 Å². The fourth-order valence-electron chi connectivity index (χ4n) is 5.37. The van der Waals surface area contributed by atoms with E-state index in [-0.39, 0.29) is 12.4 Å². The molecule has 0 aromatic heterocycles. The molecule has 0 amide bonds. The Labute approximate surface area is 213 Å². The topological polar surface area (TPSA) is 73.9 Å². The van der Waals surface area contributed by atoms with Gasteiger partial charge >= 0.3 is 5.97 Å². The number of nitrogens with one attached hydrogen (secondary N) is 1. The highest BCUT2D eigenvalue weighted by Gasteiger charge is 2.39. The van der Waals surface area contributed by atoms with E-state index in [2.05, 4.69) is 38.2 Å². The number of esters is 1. The number of ether oxygens (including phenoxy) is 3. The van der Waals surface area contributed by atoms with Crippen LogP contribution in [-0.2, 0) is 20.9 Å². The van der Waals surface area contributed by atoms with E-state index in [9.17, 15) is 9.59 Å². The Hall–Kier alpha value is -3.54. The van der Waals surface area contributed by atoms with Gasteiger partial charge in [0.05, 0.1) is 19.3 Å². The van der Waals surface area contributed by atoms with Gasteiger partial charge in [0, 0.05) is 29.3 Å². The molecule has 4 rings (SSSR count). The number of methoxy groups -OCH3 is 1. The number of Topliss-reactive ketones (excluding diaryl/α,β-unsaturated/α-hetero) is 1. The van der Waals surface area contributed by atoms with Crippen LogP contribution in [0.3, 0.4) is 0 Å². The third-order valence-corrected chi connectivity index (χ3v) is 7.00. The molecule has 0 radical (unpaired) electrons. The van der Waals surface area contributed by atoms with Crippen molar-refractivity contribution in [2.24, 2.45) is 0 Å². The van der Waals surface area contributed by atoms with Gasteiger partial charge in [-0.15, -0.1) is 0 Å². The normalized spacial score (nSPS) is 17.5. The largest absolute Gasteiger partial charge is 0.493 e. The number of aryl methyl sites for hydroxylation is 3. The molecule has 0 fully saturated rings. The first-order chi connectivity index (χ1) is 17.2. The molecule has 6 nitrogen and oxygen atoms in total. The molecule has 1 aliphatic carbocycles. The van der Waals surface area contributed by atoms with Crippen molar-refractivity contribution in [1.29, 1.82) is 0 Å². The minimum absolute atomic E-state index is 0.0627. The van der Waals surface area contributed by atoms with Crippen molar-refractivity contribution in [1.82, 2.24) is 5.32 Å². The lowest BCUT2D eigenvalue weighted by Gasteiger charge is -2.34. The fraction of sp³-hybridized carbons (Fsp3) is 0.400. The average molecular weight is 490 g/mol. The van der Waals surface area contributed by atoms with E-state index in [0.29, 0.717) is 35.7 Å². The van der Waals surface area contributed by atoms with Gasteiger partial charge in [0.2, 0.25) is 0 Å². The summed E-state index contributed by atoms with van der Waals surface area (Å²) in [5.74, 6) is 0.296. The number of rotatable bonds is 7. The quantitative estimate of drug-likeness (QED) is 0.501. The molecule has 0 spiro atoms. The predicted molar refractivity (Wildman–Crippen MR) is 139 cm³/mol. The average Bonchev–Trinajstić information content (AvgIpc) is 2.82. The maximum Gasteiger partial charge on any atom is 0.336 e. The second kappa shape index (κ2) is 10.6. The number of ketones is 1. The van der Waals surface area contributed by atoms with Crippen LogP contribution in [0.2, 0.25) is 0 Å². The van der Waals surface area contributed by atoms with Crippen LogP contribution in [0.5, 0.6) is 11.5 Å². The highest BCUT2D eigenvalue weighted by Crippen LogP contribution is 2.44. The lowest BCUT2D eigenvalue weighted by Crippen LogP contribution is -2.34. The molecule has 36 heavy (non-hydrogen) atoms. The molecule has 1 aliphatic heterocycles. The number of allylic oxidation sites excluding steroid dienone is 3. The zero-order valence-corrected chi connectivity index (χ0v) is 22.0. The van der Waals surface area contributed by atoms with E-state index in [1.54, 1.807) is 14.0 Å². The van der Waals surface area contributed by atoms with Crippen LogP contribution in [-0.4, -0.2) is 25.5 Å². The molecular weight excluding hydrogens is 454 g/mol.